The molecule has 0 aliphatic heterocycles. The van der Waals surface area contributed by atoms with Crippen LogP contribution < -0.4 is 11.0 Å². The van der Waals surface area contributed by atoms with Gasteiger partial charge in [-0.2, -0.15) is 0 Å². The standard InChI is InChI=1S/C12H17N3O3/c16-7-9(17)6-13-4-3-8-1-2-10-11(5-8)15-12(18)14-10/h1-2,5,9,13,16-17H,3-4,6-7H2,(H2,14,15,18). The molecule has 0 spiro atoms. The predicted octanol–water partition coefficient (Wildman–Crippen LogP) is -0.659. The molecule has 1 heterocycles. The highest BCUT2D eigenvalue weighted by molar-refractivity contribution is 5.74. The van der Waals surface area contributed by atoms with Crippen LogP contribution in [-0.4, -0.2) is 46.0 Å². The van der Waals surface area contributed by atoms with Gasteiger partial charge in [0.25, 0.3) is 0 Å². The van der Waals surface area contributed by atoms with Crippen LogP contribution in [0.25, 0.3) is 11.0 Å². The Morgan fingerprint density at radius 3 is 2.83 bits per heavy atom. The van der Waals surface area contributed by atoms with Crippen LogP contribution in [0.4, 0.5) is 0 Å². The molecule has 0 aliphatic carbocycles. The van der Waals surface area contributed by atoms with E-state index in [1.165, 1.54) is 0 Å². The highest BCUT2D eigenvalue weighted by Crippen LogP contribution is 2.10. The lowest BCUT2D eigenvalue weighted by molar-refractivity contribution is 0.0947. The van der Waals surface area contributed by atoms with E-state index < -0.39 is 6.10 Å². The number of nitrogens with one attached hydrogen (secondary N) is 3. The summed E-state index contributed by atoms with van der Waals surface area (Å²) >= 11 is 0. The van der Waals surface area contributed by atoms with Crippen LogP contribution in [-0.2, 0) is 6.42 Å². The molecule has 1 unspecified atom stereocenters. The number of hydrogen-bond acceptors (Lipinski definition) is 4. The summed E-state index contributed by atoms with van der Waals surface area (Å²) in [7, 11) is 0. The third-order valence-electron chi connectivity index (χ3n) is 2.76. The van der Waals surface area contributed by atoms with E-state index in [4.69, 9.17) is 10.2 Å². The molecule has 6 nitrogen and oxygen atoms in total. The fourth-order valence-corrected chi connectivity index (χ4v) is 1.80. The zero-order chi connectivity index (χ0) is 13.0. The fraction of sp³-hybridized carbons (Fsp3) is 0.417. The van der Waals surface area contributed by atoms with Crippen LogP contribution in [0.3, 0.4) is 0 Å². The summed E-state index contributed by atoms with van der Waals surface area (Å²) in [6.07, 6.45) is 0.0786. The molecule has 1 atom stereocenters. The fourth-order valence-electron chi connectivity index (χ4n) is 1.80. The summed E-state index contributed by atoms with van der Waals surface area (Å²) in [5.41, 5.74) is 2.50. The third kappa shape index (κ3) is 3.19. The molecule has 98 valence electrons. The van der Waals surface area contributed by atoms with Gasteiger partial charge in [0.2, 0.25) is 0 Å². The molecule has 0 radical (unpaired) electrons. The van der Waals surface area contributed by atoms with Crippen LogP contribution >= 0.6 is 0 Å². The number of H-pyrrole nitrogens is 2. The quantitative estimate of drug-likeness (QED) is 0.440. The zero-order valence-corrected chi connectivity index (χ0v) is 9.94. The SMILES string of the molecule is O=c1[nH]c2ccc(CCNCC(O)CO)cc2[nH]1. The van der Waals surface area contributed by atoms with Gasteiger partial charge in [-0.15, -0.1) is 0 Å². The summed E-state index contributed by atoms with van der Waals surface area (Å²) in [4.78, 5) is 16.5. The van der Waals surface area contributed by atoms with E-state index >= 15 is 0 Å². The van der Waals surface area contributed by atoms with Crippen LogP contribution in [0.5, 0.6) is 0 Å². The Kier molecular flexibility index (Phi) is 4.14. The molecule has 6 heteroatoms. The van der Waals surface area contributed by atoms with Gasteiger partial charge in [-0.05, 0) is 30.7 Å². The van der Waals surface area contributed by atoms with Crippen molar-refractivity contribution in [3.8, 4) is 0 Å². The maximum absolute atomic E-state index is 11.1. The van der Waals surface area contributed by atoms with Gasteiger partial charge in [0.15, 0.2) is 0 Å². The van der Waals surface area contributed by atoms with Gasteiger partial charge in [-0.25, -0.2) is 4.79 Å². The number of fused-ring (bicyclic) bond motifs is 1. The van der Waals surface area contributed by atoms with Gasteiger partial charge in [0.1, 0.15) is 0 Å². The summed E-state index contributed by atoms with van der Waals surface area (Å²) in [6.45, 7) is 0.848. The lowest BCUT2D eigenvalue weighted by Crippen LogP contribution is -2.30. The van der Waals surface area contributed by atoms with Crippen molar-refractivity contribution in [1.29, 1.82) is 0 Å². The van der Waals surface area contributed by atoms with E-state index in [0.29, 0.717) is 13.1 Å². The topological polar surface area (TPSA) is 101 Å². The van der Waals surface area contributed by atoms with Gasteiger partial charge in [0.05, 0.1) is 23.7 Å². The minimum Gasteiger partial charge on any atom is -0.394 e. The smallest absolute Gasteiger partial charge is 0.323 e. The second-order valence-electron chi connectivity index (χ2n) is 4.25. The molecule has 0 amide bonds. The molecule has 0 saturated heterocycles. The molecule has 2 aromatic rings. The van der Waals surface area contributed by atoms with Gasteiger partial charge < -0.3 is 25.5 Å². The minimum atomic E-state index is -0.714. The Labute approximate surface area is 104 Å². The minimum absolute atomic E-state index is 0.202. The maximum atomic E-state index is 11.1. The lowest BCUT2D eigenvalue weighted by atomic mass is 10.1. The van der Waals surface area contributed by atoms with E-state index in [2.05, 4.69) is 15.3 Å². The largest absolute Gasteiger partial charge is 0.394 e. The molecule has 0 saturated carbocycles. The summed E-state index contributed by atoms with van der Waals surface area (Å²) in [5.74, 6) is 0. The molecular formula is C12H17N3O3. The van der Waals surface area contributed by atoms with E-state index in [1.807, 2.05) is 18.2 Å². The normalized spacial score (nSPS) is 13.0. The van der Waals surface area contributed by atoms with Crippen molar-refractivity contribution in [3.05, 3.63) is 34.2 Å². The van der Waals surface area contributed by atoms with Crippen LogP contribution in [0.2, 0.25) is 0 Å². The lowest BCUT2D eigenvalue weighted by Gasteiger charge is -2.08. The predicted molar refractivity (Wildman–Crippen MR) is 68.6 cm³/mol. The number of aliphatic hydroxyl groups excluding tert-OH is 2. The van der Waals surface area contributed by atoms with Gasteiger partial charge in [-0.1, -0.05) is 6.07 Å². The number of imidazole rings is 1. The van der Waals surface area contributed by atoms with Gasteiger partial charge in [-0.3, -0.25) is 0 Å². The zero-order valence-electron chi connectivity index (χ0n) is 9.94. The number of aromatic nitrogens is 2. The average Bonchev–Trinajstić information content (AvgIpc) is 2.73. The first kappa shape index (κ1) is 12.8. The van der Waals surface area contributed by atoms with Crippen LogP contribution in [0.15, 0.2) is 23.0 Å². The Bertz CT molecular complexity index is 561. The molecule has 18 heavy (non-hydrogen) atoms. The Balaban J connectivity index is 1.89. The monoisotopic (exact) mass is 251 g/mol. The van der Waals surface area contributed by atoms with Crippen LogP contribution in [0.1, 0.15) is 5.56 Å². The van der Waals surface area contributed by atoms with E-state index in [0.717, 1.165) is 23.0 Å². The van der Waals surface area contributed by atoms with Crippen molar-refractivity contribution < 1.29 is 10.2 Å². The van der Waals surface area contributed by atoms with Crippen molar-refractivity contribution in [1.82, 2.24) is 15.3 Å². The van der Waals surface area contributed by atoms with Crippen molar-refractivity contribution in [3.63, 3.8) is 0 Å². The van der Waals surface area contributed by atoms with E-state index in [1.54, 1.807) is 0 Å². The first-order valence-corrected chi connectivity index (χ1v) is 5.89. The van der Waals surface area contributed by atoms with Crippen molar-refractivity contribution in [2.24, 2.45) is 0 Å². The molecular weight excluding hydrogens is 234 g/mol. The number of aliphatic hydroxyl groups is 2. The number of aromatic amines is 2. The highest BCUT2D eigenvalue weighted by atomic mass is 16.3. The van der Waals surface area contributed by atoms with Crippen LogP contribution in [0, 0.1) is 0 Å². The second kappa shape index (κ2) is 5.81. The summed E-state index contributed by atoms with van der Waals surface area (Å²) < 4.78 is 0. The van der Waals surface area contributed by atoms with Gasteiger partial charge >= 0.3 is 5.69 Å². The van der Waals surface area contributed by atoms with Crippen molar-refractivity contribution >= 4 is 11.0 Å². The average molecular weight is 251 g/mol. The Morgan fingerprint density at radius 1 is 1.28 bits per heavy atom. The van der Waals surface area contributed by atoms with E-state index in [9.17, 15) is 4.79 Å². The Morgan fingerprint density at radius 2 is 2.06 bits per heavy atom. The molecule has 0 aliphatic rings. The summed E-state index contributed by atoms with van der Waals surface area (Å²) in [5, 5.41) is 20.8. The molecule has 2 rings (SSSR count). The van der Waals surface area contributed by atoms with Crippen molar-refractivity contribution in [2.45, 2.75) is 12.5 Å². The second-order valence-corrected chi connectivity index (χ2v) is 4.25. The van der Waals surface area contributed by atoms with Crippen molar-refractivity contribution in [2.75, 3.05) is 19.7 Å². The molecule has 1 aromatic carbocycles. The first-order chi connectivity index (χ1) is 8.69. The molecule has 0 fully saturated rings. The van der Waals surface area contributed by atoms with E-state index in [-0.39, 0.29) is 12.3 Å². The molecule has 0 bridgehead atoms. The number of rotatable bonds is 6. The van der Waals surface area contributed by atoms with Gasteiger partial charge in [0, 0.05) is 6.54 Å². The highest BCUT2D eigenvalue weighted by Gasteiger charge is 2.02. The first-order valence-electron chi connectivity index (χ1n) is 5.89. The maximum Gasteiger partial charge on any atom is 0.323 e. The third-order valence-corrected chi connectivity index (χ3v) is 2.76. The Hall–Kier alpha value is -1.63. The number of hydrogen-bond donors (Lipinski definition) is 5. The molecule has 5 N–H and O–H groups in total. The number of benzene rings is 1. The molecule has 1 aromatic heterocycles. The summed E-state index contributed by atoms with van der Waals surface area (Å²) in [6, 6.07) is 5.75.